The lowest BCUT2D eigenvalue weighted by molar-refractivity contribution is -0.141. The molecule has 1 amide bonds. The van der Waals surface area contributed by atoms with Gasteiger partial charge in [-0.2, -0.15) is 25.3 Å². The first-order chi connectivity index (χ1) is 61.0. The number of carbonyl (C=O) groups excluding carboxylic acids is 1. The zero-order chi connectivity index (χ0) is 110. The number of nitrogens with one attached hydrogen (secondary N) is 2. The van der Waals surface area contributed by atoms with Crippen molar-refractivity contribution in [2.75, 3.05) is 50.9 Å². The van der Waals surface area contributed by atoms with Crippen molar-refractivity contribution in [1.29, 1.82) is 0 Å². The van der Waals surface area contributed by atoms with Gasteiger partial charge in [-0.05, 0) is 102 Å². The minimum atomic E-state index is -1.21. The Balaban J connectivity index is -0.0000000958. The lowest BCUT2D eigenvalue weighted by Gasteiger charge is -2.11. The number of rotatable bonds is 36. The summed E-state index contributed by atoms with van der Waals surface area (Å²) in [5, 5.41) is 174. The molecule has 2 aromatic rings. The molecule has 3 rings (SSSR count). The molecule has 0 bridgehead atoms. The number of hydrogen-bond donors (Lipinski definition) is 43. The number of carboxylic acid groups (broad SMARTS) is 17. The molecule has 0 radical (unpaired) electrons. The summed E-state index contributed by atoms with van der Waals surface area (Å²) < 4.78 is 0. The van der Waals surface area contributed by atoms with Crippen LogP contribution in [0, 0.1) is 17.8 Å². The summed E-state index contributed by atoms with van der Waals surface area (Å²) in [6, 6.07) is -5.00. The van der Waals surface area contributed by atoms with Crippen LogP contribution in [0.3, 0.4) is 0 Å². The zero-order valence-electron chi connectivity index (χ0n) is 76.0. The molecule has 1 aliphatic heterocycles. The summed E-state index contributed by atoms with van der Waals surface area (Å²) in [7, 11) is 0. The van der Waals surface area contributed by atoms with Crippen molar-refractivity contribution in [2.24, 2.45) is 121 Å². The van der Waals surface area contributed by atoms with E-state index in [1.807, 2.05) is 58.2 Å². The number of aliphatic hydroxyl groups is 4. The number of amides is 1. The Hall–Kier alpha value is -11.0. The number of aromatic nitrogens is 1. The molecule has 0 unspecified atom stereocenters. The number of hydrogen-bond acceptors (Lipinski definition) is 42. The Morgan fingerprint density at radius 3 is 0.881 bits per heavy atom. The fourth-order valence-electron chi connectivity index (χ4n) is 5.57. The van der Waals surface area contributed by atoms with Gasteiger partial charge in [0.05, 0.1) is 44.9 Å². The topological polar surface area (TPSA) is 1230 Å². The van der Waals surface area contributed by atoms with Gasteiger partial charge in [-0.25, -0.2) is 0 Å². The highest BCUT2D eigenvalue weighted by Crippen LogP contribution is 2.19. The van der Waals surface area contributed by atoms with E-state index in [0.29, 0.717) is 31.7 Å². The van der Waals surface area contributed by atoms with Crippen LogP contribution in [-0.2, 0) is 92.7 Å². The first-order valence-electron chi connectivity index (χ1n) is 39.0. The van der Waals surface area contributed by atoms with Crippen molar-refractivity contribution in [3.63, 3.8) is 0 Å². The number of H-pyrrole nitrogens is 1. The standard InChI is InChI=1S/C11H12N2O2.C6H14N2O2.2C6H13NO2.C5H9NO2.C5H11NO2.C4H8N2O3.2C4H9NO3.2C3H7NO3.2C3H7NO2S.2C3H7NO2.2C2H5NO2/c12-9(11(14)15)5-7-6-13-10-4-2-1-3-8(7)10;7-4-2-1-3-5(8)6(9)10;1-4(2)3-5(7)6(8)9;1-3-4(2)5(7)6(8)9;7-5(8)4-2-1-3-6-4;1-3(2)4(6)5(7)8;5-2(4(8)9)1-3(6)7;2*1-2(6)3(5)4(7)8;2*4-2(1-5)3(6)7;2*4-2(1-7)3(5)6;2*1-2(4)3(5)6;2*3-1-2(4)5/h1-4,6,9,13H,5,12H2,(H,14,15);5H,1-4,7-8H2,(H,9,10);2*4-5H,3,7H2,1-2H3,(H,8,9);4,6H,1-3H2,(H,7,8);3-4H,6H2,1-2H3,(H,7,8);2H,1,5H2,(H2,6,7)(H,8,9);2*2-3,6H,5H2,1H3,(H,7,8);2*2,5H,1,4H2,(H,6,7);2*2,7H,1,4H2,(H,5,6);2*2H,4H2,1H3,(H,5,6);2*1,3H2,(H,4,5)/t9-;2*5-;4-,5-;2*4-;2-;2*2-,3+;6*2-;;/m000000011000000../s1. The summed E-state index contributed by atoms with van der Waals surface area (Å²) >= 11 is 7.30. The third-order valence-electron chi connectivity index (χ3n) is 14.2. The lowest BCUT2D eigenvalue weighted by atomic mass is 10.0. The fraction of sp³-hybridized carbons (Fsp3) is 0.644. The summed E-state index contributed by atoms with van der Waals surface area (Å²) in [4.78, 5) is 180. The number of benzene rings is 1. The van der Waals surface area contributed by atoms with E-state index in [1.54, 1.807) is 13.8 Å². The smallest absolute Gasteiger partial charge is 0.323 e. The van der Waals surface area contributed by atoms with Crippen LogP contribution in [0.4, 0.5) is 0 Å². The van der Waals surface area contributed by atoms with E-state index in [9.17, 15) is 86.3 Å². The molecule has 788 valence electrons. The third-order valence-corrected chi connectivity index (χ3v) is 15.0. The fourth-order valence-corrected chi connectivity index (χ4v) is 5.88. The maximum absolute atomic E-state index is 10.6. The first kappa shape index (κ1) is 154. The van der Waals surface area contributed by atoms with Crippen molar-refractivity contribution in [3.05, 3.63) is 36.0 Å². The van der Waals surface area contributed by atoms with Crippen molar-refractivity contribution in [3.8, 4) is 0 Å². The minimum Gasteiger partial charge on any atom is -0.480 e. The zero-order valence-corrected chi connectivity index (χ0v) is 77.8. The van der Waals surface area contributed by atoms with Gasteiger partial charge in [0.15, 0.2) is 0 Å². The number of unbranched alkanes of at least 4 members (excludes halogenated alkanes) is 1. The molecular formula is C73H150N20O39S2. The number of primary amides is 1. The number of aliphatic hydroxyl groups excluding tert-OH is 4. The number of aliphatic carboxylic acids is 17. The van der Waals surface area contributed by atoms with Gasteiger partial charge in [0, 0.05) is 35.0 Å². The van der Waals surface area contributed by atoms with Crippen LogP contribution < -0.4 is 109 Å². The van der Waals surface area contributed by atoms with Crippen LogP contribution >= 0.6 is 25.3 Å². The highest BCUT2D eigenvalue weighted by Gasteiger charge is 2.23. The summed E-state index contributed by atoms with van der Waals surface area (Å²) in [5.74, 6) is -17.1. The minimum absolute atomic E-state index is 0.0208. The Labute approximate surface area is 782 Å². The van der Waals surface area contributed by atoms with E-state index in [2.05, 4.69) is 52.8 Å². The number of thiol groups is 2. The molecule has 2 heterocycles. The molecule has 1 aliphatic rings. The predicted octanol–water partition coefficient (Wildman–Crippen LogP) is -10.4. The maximum Gasteiger partial charge on any atom is 0.323 e. The van der Waals surface area contributed by atoms with E-state index >= 15 is 0 Å². The van der Waals surface area contributed by atoms with Gasteiger partial charge < -0.3 is 221 Å². The molecule has 134 heavy (non-hydrogen) atoms. The number of aromatic amines is 1. The van der Waals surface area contributed by atoms with Gasteiger partial charge in [0.2, 0.25) is 5.91 Å². The van der Waals surface area contributed by atoms with Gasteiger partial charge in [0.1, 0.15) is 90.6 Å². The van der Waals surface area contributed by atoms with Gasteiger partial charge in [-0.15, -0.1) is 0 Å². The Morgan fingerprint density at radius 2 is 0.731 bits per heavy atom. The molecule has 1 fully saturated rings. The second kappa shape index (κ2) is 96.6. The molecule has 61 heteroatoms. The molecule has 1 saturated heterocycles. The van der Waals surface area contributed by atoms with Crippen LogP contribution in [-0.4, -0.2) is 373 Å². The van der Waals surface area contributed by atoms with Crippen LogP contribution in [0.1, 0.15) is 126 Å². The Bertz CT molecular complexity index is 3350. The van der Waals surface area contributed by atoms with Crippen molar-refractivity contribution in [2.45, 2.75) is 230 Å². The Kier molecular flexibility index (Phi) is 111. The van der Waals surface area contributed by atoms with Crippen LogP contribution in [0.15, 0.2) is 30.5 Å². The van der Waals surface area contributed by atoms with E-state index in [0.717, 1.165) is 55.1 Å². The van der Waals surface area contributed by atoms with Gasteiger partial charge in [0.25, 0.3) is 0 Å². The molecule has 18 atom stereocenters. The number of para-hydroxylation sites is 1. The van der Waals surface area contributed by atoms with Crippen LogP contribution in [0.25, 0.3) is 10.9 Å². The van der Waals surface area contributed by atoms with Crippen LogP contribution in [0.5, 0.6) is 0 Å². The monoisotopic (exact) mass is 1990 g/mol. The molecule has 0 saturated carbocycles. The summed E-state index contributed by atoms with van der Waals surface area (Å²) in [5.41, 5.74) is 91.1. The second-order valence-corrected chi connectivity index (χ2v) is 28.2. The van der Waals surface area contributed by atoms with Crippen molar-refractivity contribution in [1.82, 2.24) is 10.3 Å². The van der Waals surface area contributed by atoms with E-state index in [-0.39, 0.29) is 48.9 Å². The first-order valence-corrected chi connectivity index (χ1v) is 40.2. The number of nitrogens with two attached hydrogens (primary N) is 18. The number of carboxylic acids is 17. The average molecular weight is 2000 g/mol. The summed E-state index contributed by atoms with van der Waals surface area (Å²) in [6.45, 7) is 16.6. The van der Waals surface area contributed by atoms with E-state index < -0.39 is 217 Å². The largest absolute Gasteiger partial charge is 0.480 e. The molecule has 0 spiro atoms. The number of carbonyl (C=O) groups is 18. The molecule has 1 aromatic heterocycles. The highest BCUT2D eigenvalue weighted by atomic mass is 32.1. The SMILES string of the molecule is CC(C)C[C@H](N)C(=O)O.CC(C)[C@H](N)C(=O)O.CC[C@H](C)[C@H](N)C(=O)O.C[C@@H](O)[C@H](N)C(=O)O.C[C@@H](O)[C@H](N)C(=O)O.C[C@H](N)C(=O)O.C[C@H](N)C(=O)O.NC(=O)C[C@H](N)C(=O)O.NCC(=O)O.NCC(=O)O.NCCCC[C@H](N)C(=O)O.N[C@@H](CO)C(=O)O.N[C@@H](CO)C(=O)O.N[C@@H](CS)C(=O)O.N[C@@H](CS)C(=O)O.N[C@@H](Cc1c[nH]c2ccccc12)C(=O)O.O=C(O)[C@@H]1CCCN1. The van der Waals surface area contributed by atoms with Crippen molar-refractivity contribution < 1.29 is 194 Å². The van der Waals surface area contributed by atoms with Gasteiger partial charge in [-0.1, -0.05) is 72.6 Å². The normalized spacial score (nSPS) is 14.5. The van der Waals surface area contributed by atoms with Crippen molar-refractivity contribution >= 4 is 144 Å². The Morgan fingerprint density at radius 1 is 0.418 bits per heavy atom. The van der Waals surface area contributed by atoms with Gasteiger partial charge in [-0.3, -0.25) is 86.3 Å². The molecule has 59 N–H and O–H groups in total. The molecular weight excluding hydrogens is 1850 g/mol. The average Bonchev–Trinajstić information content (AvgIpc) is 1.69. The third kappa shape index (κ3) is 115. The molecule has 1 aromatic carbocycles. The lowest BCUT2D eigenvalue weighted by Crippen LogP contribution is -2.39. The second-order valence-electron chi connectivity index (χ2n) is 27.4. The molecule has 59 nitrogen and oxygen atoms in total. The number of fused-ring (bicyclic) bond motifs is 1. The highest BCUT2D eigenvalue weighted by molar-refractivity contribution is 7.80. The van der Waals surface area contributed by atoms with E-state index in [4.69, 9.17) is 193 Å². The predicted molar refractivity (Wildman–Crippen MR) is 490 cm³/mol. The van der Waals surface area contributed by atoms with E-state index in [1.165, 1.54) is 27.7 Å². The van der Waals surface area contributed by atoms with Gasteiger partial charge >= 0.3 is 101 Å². The molecule has 0 aliphatic carbocycles. The van der Waals surface area contributed by atoms with Crippen LogP contribution in [0.2, 0.25) is 0 Å². The maximum atomic E-state index is 10.6. The summed E-state index contributed by atoms with van der Waals surface area (Å²) in [6.07, 6.45) is 5.20. The quantitative estimate of drug-likeness (QED) is 0.0222.